The number of hydrogen-bond acceptors (Lipinski definition) is 7. The average molecular weight is 672 g/mol. The lowest BCUT2D eigenvalue weighted by Gasteiger charge is -2.25. The minimum absolute atomic E-state index is 0.137. The summed E-state index contributed by atoms with van der Waals surface area (Å²) < 4.78 is 68.9. The molecule has 2 aliphatic heterocycles. The number of unbranched alkanes of at least 4 members (excludes halogenated alkanes) is 2. The molecular weight excluding hydrogens is 629 g/mol. The predicted octanol–water partition coefficient (Wildman–Crippen LogP) is 4.92. The van der Waals surface area contributed by atoms with Crippen molar-refractivity contribution in [1.82, 2.24) is 5.43 Å². The number of amides is 1. The third-order valence-electron chi connectivity index (χ3n) is 8.82. The number of carbonyl (C=O) groups is 1. The number of nitrogens with zero attached hydrogens (tertiary/aromatic N) is 2. The van der Waals surface area contributed by atoms with Crippen LogP contribution in [-0.4, -0.2) is 55.2 Å². The second kappa shape index (κ2) is 13.2. The number of carbonyl (C=O) groups excluding carboxylic acids is 1. The summed E-state index contributed by atoms with van der Waals surface area (Å²) in [5, 5.41) is 0. The Hall–Kier alpha value is -3.62. The lowest BCUT2D eigenvalue weighted by Crippen LogP contribution is -2.29. The summed E-state index contributed by atoms with van der Waals surface area (Å²) in [7, 11) is -8.72. The van der Waals surface area contributed by atoms with Crippen LogP contribution >= 0.6 is 0 Å². The van der Waals surface area contributed by atoms with Crippen molar-refractivity contribution >= 4 is 43.2 Å². The SMILES string of the molecule is CCN1/C(=C/C=C/C=C/C2=[N+](CCCCCC(=O)NN)c3ccc(S(=O)(=O)O)cc3C2(C)C)C(C)(C)c2cc(S(=O)(=O)O)ccc21. The Kier molecular flexibility index (Phi) is 10.1. The summed E-state index contributed by atoms with van der Waals surface area (Å²) in [6, 6.07) is 9.31. The first kappa shape index (κ1) is 35.2. The van der Waals surface area contributed by atoms with Gasteiger partial charge in [0.1, 0.15) is 6.54 Å². The van der Waals surface area contributed by atoms with E-state index in [4.69, 9.17) is 5.84 Å². The molecule has 11 nitrogen and oxygen atoms in total. The van der Waals surface area contributed by atoms with Gasteiger partial charge in [0.2, 0.25) is 11.6 Å². The van der Waals surface area contributed by atoms with Crippen LogP contribution in [0.1, 0.15) is 71.4 Å². The van der Waals surface area contributed by atoms with Crippen LogP contribution in [0.2, 0.25) is 0 Å². The predicted molar refractivity (Wildman–Crippen MR) is 179 cm³/mol. The normalized spacial score (nSPS) is 18.2. The highest BCUT2D eigenvalue weighted by Gasteiger charge is 2.45. The third kappa shape index (κ3) is 7.03. The van der Waals surface area contributed by atoms with Crippen LogP contribution in [-0.2, 0) is 35.9 Å². The number of allylic oxidation sites excluding steroid dienone is 6. The molecule has 0 aromatic heterocycles. The van der Waals surface area contributed by atoms with Gasteiger partial charge in [0.25, 0.3) is 20.2 Å². The third-order valence-corrected chi connectivity index (χ3v) is 10.5. The van der Waals surface area contributed by atoms with Crippen molar-refractivity contribution in [3.63, 3.8) is 0 Å². The molecule has 0 radical (unpaired) electrons. The number of likely N-dealkylation sites (N-methyl/N-ethyl adjacent to an activating group) is 1. The Balaban J connectivity index is 1.63. The van der Waals surface area contributed by atoms with Gasteiger partial charge < -0.3 is 4.90 Å². The van der Waals surface area contributed by atoms with Crippen LogP contribution < -0.4 is 16.2 Å². The fraction of sp³-hybridized carbons (Fsp3) is 0.394. The Morgan fingerprint density at radius 3 is 2.13 bits per heavy atom. The van der Waals surface area contributed by atoms with Gasteiger partial charge in [0.05, 0.1) is 15.2 Å². The summed E-state index contributed by atoms with van der Waals surface area (Å²) >= 11 is 0. The highest BCUT2D eigenvalue weighted by atomic mass is 32.2. The van der Waals surface area contributed by atoms with E-state index in [0.717, 1.165) is 46.8 Å². The van der Waals surface area contributed by atoms with Gasteiger partial charge in [0.15, 0.2) is 5.71 Å². The Morgan fingerprint density at radius 1 is 0.891 bits per heavy atom. The van der Waals surface area contributed by atoms with Gasteiger partial charge in [0, 0.05) is 53.9 Å². The van der Waals surface area contributed by atoms with E-state index >= 15 is 0 Å². The zero-order valence-corrected chi connectivity index (χ0v) is 28.5. The van der Waals surface area contributed by atoms with Crippen molar-refractivity contribution in [1.29, 1.82) is 0 Å². The minimum Gasteiger partial charge on any atom is -0.344 e. The van der Waals surface area contributed by atoms with Gasteiger partial charge in [-0.25, -0.2) is 5.84 Å². The number of nitrogens with one attached hydrogen (secondary N) is 1. The second-order valence-electron chi connectivity index (χ2n) is 12.5. The van der Waals surface area contributed by atoms with Gasteiger partial charge >= 0.3 is 0 Å². The standard InChI is InChI=1S/C33H42N4O7S2/c1-6-36-27-18-16-23(45(39,40)41)21-25(27)32(2,3)29(36)13-9-7-10-14-30-33(4,5)26-22-24(46(42,43)44)17-19-28(26)37(30)20-12-8-11-15-31(38)35-34/h7,9-10,13-14,16-19,21-22H,6,8,11-12,15,20,34H2,1-5H3,(H2-,35,38,39,40,41,42,43,44)/p+1. The highest BCUT2D eigenvalue weighted by molar-refractivity contribution is 7.86. The number of fused-ring (bicyclic) bond motifs is 2. The highest BCUT2D eigenvalue weighted by Crippen LogP contribution is 2.48. The smallest absolute Gasteiger partial charge is 0.294 e. The van der Waals surface area contributed by atoms with Crippen molar-refractivity contribution in [2.75, 3.05) is 18.0 Å². The first-order chi connectivity index (χ1) is 21.4. The molecule has 0 unspecified atom stereocenters. The van der Waals surface area contributed by atoms with Crippen LogP contribution in [0, 0.1) is 0 Å². The summed E-state index contributed by atoms with van der Waals surface area (Å²) in [4.78, 5) is 13.3. The van der Waals surface area contributed by atoms with Gasteiger partial charge in [-0.3, -0.25) is 19.3 Å². The van der Waals surface area contributed by atoms with E-state index in [-0.39, 0.29) is 15.7 Å². The van der Waals surface area contributed by atoms with Crippen molar-refractivity contribution in [2.24, 2.45) is 5.84 Å². The van der Waals surface area contributed by atoms with Crippen molar-refractivity contribution < 1.29 is 35.3 Å². The molecule has 0 saturated carbocycles. The molecule has 4 rings (SSSR count). The minimum atomic E-state index is -4.38. The van der Waals surface area contributed by atoms with Crippen LogP contribution in [0.3, 0.4) is 0 Å². The molecule has 1 amide bonds. The summed E-state index contributed by atoms with van der Waals surface area (Å²) in [6.07, 6.45) is 12.3. The van der Waals surface area contributed by atoms with Gasteiger partial charge in [-0.2, -0.15) is 21.4 Å². The zero-order valence-electron chi connectivity index (χ0n) is 26.8. The van der Waals surface area contributed by atoms with E-state index in [9.17, 15) is 30.7 Å². The lowest BCUT2D eigenvalue weighted by molar-refractivity contribution is -0.438. The number of nitrogens with two attached hydrogens (primary N) is 1. The molecule has 0 spiro atoms. The monoisotopic (exact) mass is 671 g/mol. The van der Waals surface area contributed by atoms with Gasteiger partial charge in [-0.15, -0.1) is 0 Å². The largest absolute Gasteiger partial charge is 0.344 e. The van der Waals surface area contributed by atoms with E-state index in [1.54, 1.807) is 12.1 Å². The summed E-state index contributed by atoms with van der Waals surface area (Å²) in [6.45, 7) is 11.4. The fourth-order valence-electron chi connectivity index (χ4n) is 6.37. The molecule has 248 valence electrons. The first-order valence-electron chi connectivity index (χ1n) is 15.2. The van der Waals surface area contributed by atoms with Crippen molar-refractivity contribution in [2.45, 2.75) is 80.9 Å². The van der Waals surface area contributed by atoms with Gasteiger partial charge in [-0.1, -0.05) is 32.1 Å². The molecule has 5 N–H and O–H groups in total. The van der Waals surface area contributed by atoms with Crippen LogP contribution in [0.15, 0.2) is 82.3 Å². The van der Waals surface area contributed by atoms with E-state index in [1.807, 2.05) is 65.0 Å². The molecule has 0 atom stereocenters. The van der Waals surface area contributed by atoms with Gasteiger partial charge in [-0.05, 0) is 75.6 Å². The van der Waals surface area contributed by atoms with Crippen molar-refractivity contribution in [3.8, 4) is 0 Å². The molecule has 2 aromatic carbocycles. The second-order valence-corrected chi connectivity index (χ2v) is 15.4. The Labute approximate surface area is 271 Å². The fourth-order valence-corrected chi connectivity index (χ4v) is 7.39. The maximum absolute atomic E-state index is 11.9. The molecule has 13 heteroatoms. The number of benzene rings is 2. The first-order valence-corrected chi connectivity index (χ1v) is 18.0. The maximum atomic E-state index is 11.9. The molecule has 0 aliphatic carbocycles. The van der Waals surface area contributed by atoms with E-state index in [0.29, 0.717) is 25.9 Å². The molecule has 2 heterocycles. The maximum Gasteiger partial charge on any atom is 0.294 e. The molecule has 0 bridgehead atoms. The summed E-state index contributed by atoms with van der Waals surface area (Å²) in [5.74, 6) is 4.97. The van der Waals surface area contributed by atoms with Crippen molar-refractivity contribution in [3.05, 3.63) is 83.6 Å². The molecular formula is C33H43N4O7S2+. The van der Waals surface area contributed by atoms with E-state index in [2.05, 4.69) is 14.9 Å². The molecule has 2 aliphatic rings. The number of anilines is 1. The average Bonchev–Trinajstić information content (AvgIpc) is 3.33. The van der Waals surface area contributed by atoms with E-state index < -0.39 is 31.1 Å². The van der Waals surface area contributed by atoms with E-state index in [1.165, 1.54) is 24.3 Å². The van der Waals surface area contributed by atoms with Crippen LogP contribution in [0.4, 0.5) is 11.4 Å². The Morgan fingerprint density at radius 2 is 1.52 bits per heavy atom. The number of rotatable bonds is 12. The summed E-state index contributed by atoms with van der Waals surface area (Å²) in [5.41, 5.74) is 6.32. The molecule has 2 aromatic rings. The topological polar surface area (TPSA) is 170 Å². The number of hydrazine groups is 1. The molecule has 0 fully saturated rings. The quantitative estimate of drug-likeness (QED) is 0.0465. The zero-order chi connectivity index (χ0) is 34.1. The lowest BCUT2D eigenvalue weighted by atomic mass is 9.81. The van der Waals surface area contributed by atoms with Crippen LogP contribution in [0.5, 0.6) is 0 Å². The number of hydrogen-bond donors (Lipinski definition) is 4. The molecule has 0 saturated heterocycles. The molecule has 46 heavy (non-hydrogen) atoms. The van der Waals surface area contributed by atoms with Crippen LogP contribution in [0.25, 0.3) is 0 Å². The Bertz CT molecular complexity index is 1870.